The van der Waals surface area contributed by atoms with E-state index < -0.39 is 0 Å². The first-order valence-corrected chi connectivity index (χ1v) is 11.6. The van der Waals surface area contributed by atoms with E-state index >= 15 is 0 Å². The van der Waals surface area contributed by atoms with Crippen LogP contribution in [0.2, 0.25) is 0 Å². The van der Waals surface area contributed by atoms with Crippen molar-refractivity contribution in [2.45, 2.75) is 19.8 Å². The summed E-state index contributed by atoms with van der Waals surface area (Å²) in [5.74, 6) is 2.29. The average molecular weight is 650 g/mol. The average Bonchev–Trinajstić information content (AvgIpc) is 3.23. The van der Waals surface area contributed by atoms with Gasteiger partial charge in [0.2, 0.25) is 5.88 Å². The summed E-state index contributed by atoms with van der Waals surface area (Å²) >= 11 is 0. The molecule has 6 rings (SSSR count). The Balaban J connectivity index is 0.00000267. The minimum Gasteiger partial charge on any atom is -0.458 e. The molecule has 0 unspecified atom stereocenters. The van der Waals surface area contributed by atoms with E-state index in [1.54, 1.807) is 24.7 Å². The molecular weight excluding hydrogens is 627 g/mol. The molecule has 36 heavy (non-hydrogen) atoms. The number of hydrogen-bond donors (Lipinski definition) is 0. The fraction of sp³-hybridized carbons (Fsp3) is 0.100. The van der Waals surface area contributed by atoms with Crippen molar-refractivity contribution in [3.63, 3.8) is 0 Å². The number of ether oxygens (including phenoxy) is 1. The first-order valence-electron chi connectivity index (χ1n) is 11.6. The van der Waals surface area contributed by atoms with Crippen LogP contribution in [0.1, 0.15) is 25.3 Å². The Morgan fingerprint density at radius 3 is 2.50 bits per heavy atom. The second kappa shape index (κ2) is 10.0. The molecule has 0 N–H and O–H groups in total. The van der Waals surface area contributed by atoms with Crippen molar-refractivity contribution in [3.05, 3.63) is 109 Å². The third kappa shape index (κ3) is 4.43. The van der Waals surface area contributed by atoms with Crippen LogP contribution in [0.3, 0.4) is 0 Å². The van der Waals surface area contributed by atoms with Gasteiger partial charge in [-0.15, -0.1) is 12.1 Å². The smallest absolute Gasteiger partial charge is 0.458 e. The van der Waals surface area contributed by atoms with Gasteiger partial charge in [0.25, 0.3) is 0 Å². The van der Waals surface area contributed by atoms with Gasteiger partial charge in [-0.3, -0.25) is 0 Å². The molecule has 0 aliphatic heterocycles. The van der Waals surface area contributed by atoms with Crippen LogP contribution >= 0.6 is 0 Å². The molecule has 0 radical (unpaired) electrons. The van der Waals surface area contributed by atoms with E-state index in [9.17, 15) is 0 Å². The van der Waals surface area contributed by atoms with Crippen LogP contribution in [0, 0.1) is 12.1 Å². The molecule has 0 fully saturated rings. The van der Waals surface area contributed by atoms with Crippen LogP contribution in [0.25, 0.3) is 38.8 Å². The van der Waals surface area contributed by atoms with Gasteiger partial charge in [-0.25, -0.2) is 21.1 Å². The number of para-hydroxylation sites is 1. The van der Waals surface area contributed by atoms with Crippen LogP contribution in [-0.4, -0.2) is 19.5 Å². The van der Waals surface area contributed by atoms with Gasteiger partial charge in [-0.1, -0.05) is 49.7 Å². The predicted molar refractivity (Wildman–Crippen MR) is 138 cm³/mol. The van der Waals surface area contributed by atoms with Gasteiger partial charge < -0.3 is 14.3 Å². The quantitative estimate of drug-likeness (QED) is 0.186. The van der Waals surface area contributed by atoms with Crippen molar-refractivity contribution >= 4 is 21.8 Å². The monoisotopic (exact) mass is 649 g/mol. The summed E-state index contributed by atoms with van der Waals surface area (Å²) in [7, 11) is 0. The molecular formula is C30H22N4OPt. The van der Waals surface area contributed by atoms with E-state index in [0.29, 0.717) is 17.5 Å². The van der Waals surface area contributed by atoms with Gasteiger partial charge >= 0.3 is 21.1 Å². The molecule has 0 saturated heterocycles. The molecule has 6 aromatic rings. The van der Waals surface area contributed by atoms with E-state index in [1.165, 1.54) is 5.56 Å². The summed E-state index contributed by atoms with van der Waals surface area (Å²) < 4.78 is 8.03. The van der Waals surface area contributed by atoms with E-state index in [2.05, 4.69) is 89.0 Å². The molecule has 0 aliphatic carbocycles. The van der Waals surface area contributed by atoms with Crippen LogP contribution in [0.4, 0.5) is 0 Å². The topological polar surface area (TPSA) is 52.8 Å². The molecule has 0 spiro atoms. The normalized spacial score (nSPS) is 11.1. The molecule has 4 heterocycles. The van der Waals surface area contributed by atoms with Crippen LogP contribution in [-0.2, 0) is 21.1 Å². The molecule has 4 aromatic heterocycles. The molecule has 0 bridgehead atoms. The number of rotatable bonds is 5. The Bertz CT molecular complexity index is 1660. The molecule has 178 valence electrons. The van der Waals surface area contributed by atoms with Gasteiger partial charge in [0.05, 0.1) is 5.75 Å². The molecule has 2 aromatic carbocycles. The number of hydrogen-bond acceptors (Lipinski definition) is 4. The van der Waals surface area contributed by atoms with Gasteiger partial charge in [0, 0.05) is 24.0 Å². The maximum absolute atomic E-state index is 5.85. The fourth-order valence-electron chi connectivity index (χ4n) is 4.29. The largest absolute Gasteiger partial charge is 2.00 e. The number of benzene rings is 2. The number of nitrogens with zero attached hydrogens (tertiary/aromatic N) is 4. The summed E-state index contributed by atoms with van der Waals surface area (Å²) in [5, 5.41) is 2.28. The summed E-state index contributed by atoms with van der Waals surface area (Å²) in [5.41, 5.74) is 4.97. The summed E-state index contributed by atoms with van der Waals surface area (Å²) in [6.07, 6.45) is 6.98. The molecule has 0 aliphatic rings. The Morgan fingerprint density at radius 1 is 0.806 bits per heavy atom. The van der Waals surface area contributed by atoms with E-state index in [1.807, 2.05) is 18.3 Å². The van der Waals surface area contributed by atoms with Crippen molar-refractivity contribution in [1.29, 1.82) is 0 Å². The van der Waals surface area contributed by atoms with Crippen molar-refractivity contribution in [2.24, 2.45) is 0 Å². The Hall–Kier alpha value is -3.82. The van der Waals surface area contributed by atoms with Gasteiger partial charge in [0.1, 0.15) is 5.82 Å². The Kier molecular flexibility index (Phi) is 6.67. The van der Waals surface area contributed by atoms with Crippen molar-refractivity contribution < 1.29 is 25.8 Å². The second-order valence-corrected chi connectivity index (χ2v) is 8.67. The maximum atomic E-state index is 5.85. The predicted octanol–water partition coefficient (Wildman–Crippen LogP) is 7.15. The minimum absolute atomic E-state index is 0. The van der Waals surface area contributed by atoms with E-state index in [4.69, 9.17) is 9.72 Å². The number of fused-ring (bicyclic) bond motifs is 3. The maximum Gasteiger partial charge on any atom is 2.00 e. The first kappa shape index (κ1) is 23.9. The third-order valence-electron chi connectivity index (χ3n) is 6.04. The zero-order chi connectivity index (χ0) is 23.8. The van der Waals surface area contributed by atoms with E-state index in [0.717, 1.165) is 38.8 Å². The third-order valence-corrected chi connectivity index (χ3v) is 6.04. The van der Waals surface area contributed by atoms with Crippen molar-refractivity contribution in [1.82, 2.24) is 19.5 Å². The first-order chi connectivity index (χ1) is 17.2. The Morgan fingerprint density at radius 2 is 1.67 bits per heavy atom. The van der Waals surface area contributed by atoms with Gasteiger partial charge in [-0.05, 0) is 52.8 Å². The summed E-state index contributed by atoms with van der Waals surface area (Å²) in [6.45, 7) is 4.39. The molecule has 6 heteroatoms. The molecule has 0 amide bonds. The molecule has 0 saturated carbocycles. The summed E-state index contributed by atoms with van der Waals surface area (Å²) in [6, 6.07) is 29.3. The number of aromatic nitrogens is 4. The standard InChI is InChI=1S/C30H22N4O.Pt/c1-20(2)21-12-14-32-29(17-21)34-27-8-4-3-7-25(27)26-11-10-22(16-28(26)34)23-15-24(19-31-18-23)35-30-9-5-6-13-33-30;/h3-14,17-20H,1-2H3;/q-2;+2. The SMILES string of the molecule is CC(C)c1ccnc(-n2c3[c-]c(-c4[c-]c(Oc5ccccn5)cnc4)ccc3c3ccccc32)c1.[Pt+2]. The van der Waals surface area contributed by atoms with Gasteiger partial charge in [0.15, 0.2) is 0 Å². The minimum atomic E-state index is 0. The zero-order valence-electron chi connectivity index (χ0n) is 19.8. The van der Waals surface area contributed by atoms with Crippen molar-refractivity contribution in [2.75, 3.05) is 0 Å². The van der Waals surface area contributed by atoms with Crippen molar-refractivity contribution in [3.8, 4) is 28.6 Å². The van der Waals surface area contributed by atoms with Crippen LogP contribution < -0.4 is 4.74 Å². The molecule has 0 atom stereocenters. The summed E-state index contributed by atoms with van der Waals surface area (Å²) in [4.78, 5) is 13.3. The fourth-order valence-corrected chi connectivity index (χ4v) is 4.29. The van der Waals surface area contributed by atoms with E-state index in [-0.39, 0.29) is 21.1 Å². The second-order valence-electron chi connectivity index (χ2n) is 8.67. The number of pyridine rings is 3. The van der Waals surface area contributed by atoms with Crippen LogP contribution in [0.5, 0.6) is 11.6 Å². The van der Waals surface area contributed by atoms with Gasteiger partial charge in [-0.2, -0.15) is 12.1 Å². The molecule has 5 nitrogen and oxygen atoms in total. The van der Waals surface area contributed by atoms with Crippen LogP contribution in [0.15, 0.2) is 91.5 Å². The Labute approximate surface area is 224 Å². The zero-order valence-corrected chi connectivity index (χ0v) is 22.0.